The number of fused-ring (bicyclic) bond motifs is 1. The summed E-state index contributed by atoms with van der Waals surface area (Å²) < 4.78 is 5.27. The lowest BCUT2D eigenvalue weighted by Gasteiger charge is -2.28. The van der Waals surface area contributed by atoms with Crippen LogP contribution in [0.5, 0.6) is 0 Å². The summed E-state index contributed by atoms with van der Waals surface area (Å²) in [4.78, 5) is 42.1. The number of nitrogens with zero attached hydrogens (tertiary/aromatic N) is 2. The Morgan fingerprint density at radius 3 is 2.42 bits per heavy atom. The largest absolute Gasteiger partial charge is 0.467 e. The van der Waals surface area contributed by atoms with Crippen molar-refractivity contribution in [1.82, 2.24) is 15.1 Å². The van der Waals surface area contributed by atoms with Gasteiger partial charge in [-0.25, -0.2) is 0 Å². The Labute approximate surface area is 192 Å². The highest BCUT2D eigenvalue weighted by Gasteiger charge is 2.36. The maximum Gasteiger partial charge on any atom is 0.261 e. The lowest BCUT2D eigenvalue weighted by molar-refractivity contribution is 0.0631. The summed E-state index contributed by atoms with van der Waals surface area (Å²) in [6.07, 6.45) is 3.82. The summed E-state index contributed by atoms with van der Waals surface area (Å²) in [5.41, 5.74) is 2.09. The fourth-order valence-corrected chi connectivity index (χ4v) is 4.61. The first-order valence-corrected chi connectivity index (χ1v) is 11.2. The molecule has 33 heavy (non-hydrogen) atoms. The summed E-state index contributed by atoms with van der Waals surface area (Å²) in [5, 5.41) is 3.03. The van der Waals surface area contributed by atoms with Crippen molar-refractivity contribution in [2.45, 2.75) is 25.4 Å². The maximum absolute atomic E-state index is 13.0. The summed E-state index contributed by atoms with van der Waals surface area (Å²) >= 11 is 0. The second kappa shape index (κ2) is 9.03. The van der Waals surface area contributed by atoms with Crippen LogP contribution in [-0.4, -0.2) is 47.2 Å². The molecule has 1 saturated heterocycles. The van der Waals surface area contributed by atoms with Gasteiger partial charge in [-0.1, -0.05) is 30.3 Å². The molecule has 2 aliphatic rings. The van der Waals surface area contributed by atoms with Crippen LogP contribution in [0.4, 0.5) is 0 Å². The van der Waals surface area contributed by atoms with Crippen molar-refractivity contribution in [2.75, 3.05) is 19.6 Å². The summed E-state index contributed by atoms with van der Waals surface area (Å²) in [7, 11) is 0. The Hall–Kier alpha value is -3.71. The number of carbonyl (C=O) groups is 3. The lowest BCUT2D eigenvalue weighted by atomic mass is 10.0. The van der Waals surface area contributed by atoms with Crippen molar-refractivity contribution >= 4 is 17.7 Å². The van der Waals surface area contributed by atoms with Crippen LogP contribution in [0.3, 0.4) is 0 Å². The molecular weight excluding hydrogens is 418 g/mol. The first-order chi connectivity index (χ1) is 16.1. The van der Waals surface area contributed by atoms with Gasteiger partial charge < -0.3 is 9.73 Å². The molecule has 3 amide bonds. The third-order valence-electron chi connectivity index (χ3n) is 6.35. The second-order valence-corrected chi connectivity index (χ2v) is 8.42. The second-order valence-electron chi connectivity index (χ2n) is 8.42. The molecule has 1 unspecified atom stereocenters. The number of benzene rings is 2. The molecule has 5 rings (SSSR count). The smallest absolute Gasteiger partial charge is 0.261 e. The number of rotatable bonds is 7. The van der Waals surface area contributed by atoms with Crippen molar-refractivity contribution in [1.29, 1.82) is 0 Å². The number of nitrogens with one attached hydrogen (secondary N) is 1. The molecule has 0 aliphatic carbocycles. The van der Waals surface area contributed by atoms with E-state index in [1.165, 1.54) is 17.9 Å². The molecule has 1 fully saturated rings. The number of carbonyl (C=O) groups excluding carboxylic acids is 3. The molecule has 0 radical (unpaired) electrons. The van der Waals surface area contributed by atoms with Gasteiger partial charge in [-0.15, -0.1) is 0 Å². The van der Waals surface area contributed by atoms with E-state index in [1.54, 1.807) is 24.3 Å². The van der Waals surface area contributed by atoms with E-state index in [4.69, 9.17) is 4.42 Å². The van der Waals surface area contributed by atoms with Gasteiger partial charge in [-0.05, 0) is 61.8 Å². The Kier molecular flexibility index (Phi) is 5.79. The third kappa shape index (κ3) is 4.19. The fourth-order valence-electron chi connectivity index (χ4n) is 4.61. The van der Waals surface area contributed by atoms with Gasteiger partial charge >= 0.3 is 0 Å². The van der Waals surface area contributed by atoms with E-state index in [9.17, 15) is 14.4 Å². The van der Waals surface area contributed by atoms with Crippen LogP contribution in [0.25, 0.3) is 0 Å². The Balaban J connectivity index is 1.30. The van der Waals surface area contributed by atoms with Gasteiger partial charge in [0.15, 0.2) is 0 Å². The monoisotopic (exact) mass is 443 g/mol. The van der Waals surface area contributed by atoms with Crippen molar-refractivity contribution in [3.05, 3.63) is 94.9 Å². The molecule has 1 N–H and O–H groups in total. The molecule has 0 bridgehead atoms. The van der Waals surface area contributed by atoms with Gasteiger partial charge in [-0.3, -0.25) is 24.2 Å². The van der Waals surface area contributed by atoms with E-state index in [0.717, 1.165) is 30.8 Å². The number of imide groups is 1. The average Bonchev–Trinajstić information content (AvgIpc) is 3.60. The molecule has 2 aromatic carbocycles. The molecule has 0 saturated carbocycles. The van der Waals surface area contributed by atoms with Gasteiger partial charge in [0.2, 0.25) is 0 Å². The highest BCUT2D eigenvalue weighted by Crippen LogP contribution is 2.27. The van der Waals surface area contributed by atoms with Crippen molar-refractivity contribution < 1.29 is 18.8 Å². The van der Waals surface area contributed by atoms with Crippen molar-refractivity contribution in [3.8, 4) is 0 Å². The van der Waals surface area contributed by atoms with Crippen LogP contribution in [0.1, 0.15) is 61.3 Å². The van der Waals surface area contributed by atoms with E-state index < -0.39 is 5.91 Å². The minimum Gasteiger partial charge on any atom is -0.467 e. The molecule has 1 aromatic heterocycles. The van der Waals surface area contributed by atoms with Crippen LogP contribution in [0.15, 0.2) is 71.3 Å². The van der Waals surface area contributed by atoms with Crippen LogP contribution in [0, 0.1) is 0 Å². The predicted octanol–water partition coefficient (Wildman–Crippen LogP) is 3.64. The van der Waals surface area contributed by atoms with Crippen molar-refractivity contribution in [3.63, 3.8) is 0 Å². The maximum atomic E-state index is 13.0. The van der Waals surface area contributed by atoms with E-state index >= 15 is 0 Å². The quantitative estimate of drug-likeness (QED) is 0.564. The predicted molar refractivity (Wildman–Crippen MR) is 122 cm³/mol. The van der Waals surface area contributed by atoms with E-state index in [-0.39, 0.29) is 30.0 Å². The average molecular weight is 444 g/mol. The SMILES string of the molecule is O=C(NCC(c1ccccc1)N1CCCC1)c1ccc2c(c1)C(=O)N(Cc1ccco1)C2=O. The van der Waals surface area contributed by atoms with Crippen LogP contribution in [0.2, 0.25) is 0 Å². The van der Waals surface area contributed by atoms with Crippen molar-refractivity contribution in [2.24, 2.45) is 0 Å². The minimum atomic E-state index is -0.416. The first kappa shape index (κ1) is 21.2. The van der Waals surface area contributed by atoms with Gasteiger partial charge in [0.1, 0.15) is 5.76 Å². The van der Waals surface area contributed by atoms with Crippen LogP contribution < -0.4 is 5.32 Å². The summed E-state index contributed by atoms with van der Waals surface area (Å²) in [5.74, 6) is -0.532. The molecule has 7 heteroatoms. The van der Waals surface area contributed by atoms with E-state index in [1.807, 2.05) is 18.2 Å². The zero-order valence-electron chi connectivity index (χ0n) is 18.2. The van der Waals surface area contributed by atoms with Gasteiger partial charge in [0.25, 0.3) is 17.7 Å². The minimum absolute atomic E-state index is 0.0649. The number of hydrogen-bond acceptors (Lipinski definition) is 5. The Morgan fingerprint density at radius 2 is 1.70 bits per heavy atom. The molecule has 168 valence electrons. The third-order valence-corrected chi connectivity index (χ3v) is 6.35. The Bertz CT molecular complexity index is 1170. The number of furan rings is 1. The standard InChI is InChI=1S/C26H25N3O4/c30-24(27-16-23(28-12-4-5-13-28)18-7-2-1-3-8-18)19-10-11-21-22(15-19)26(32)29(25(21)31)17-20-9-6-14-33-20/h1-3,6-11,14-15,23H,4-5,12-13,16-17H2,(H,27,30). The van der Waals surface area contributed by atoms with Crippen LogP contribution >= 0.6 is 0 Å². The highest BCUT2D eigenvalue weighted by atomic mass is 16.3. The highest BCUT2D eigenvalue weighted by molar-refractivity contribution is 6.22. The molecule has 2 aliphatic heterocycles. The number of hydrogen-bond donors (Lipinski definition) is 1. The zero-order valence-corrected chi connectivity index (χ0v) is 18.2. The summed E-state index contributed by atoms with van der Waals surface area (Å²) in [6.45, 7) is 2.56. The molecule has 1 atom stereocenters. The van der Waals surface area contributed by atoms with E-state index in [0.29, 0.717) is 23.4 Å². The number of amides is 3. The lowest BCUT2D eigenvalue weighted by Crippen LogP contribution is -2.36. The number of likely N-dealkylation sites (tertiary alicyclic amines) is 1. The normalized spacial score (nSPS) is 16.8. The van der Waals surface area contributed by atoms with Gasteiger partial charge in [0.05, 0.1) is 30.0 Å². The Morgan fingerprint density at radius 1 is 0.939 bits per heavy atom. The van der Waals surface area contributed by atoms with E-state index in [2.05, 4.69) is 22.3 Å². The molecular formula is C26H25N3O4. The molecule has 7 nitrogen and oxygen atoms in total. The molecule has 3 heterocycles. The topological polar surface area (TPSA) is 82.9 Å². The van der Waals surface area contributed by atoms with Gasteiger partial charge in [-0.2, -0.15) is 0 Å². The zero-order chi connectivity index (χ0) is 22.8. The fraction of sp³-hybridized carbons (Fsp3) is 0.269. The molecule has 0 spiro atoms. The molecule has 3 aromatic rings. The van der Waals surface area contributed by atoms with Crippen LogP contribution in [-0.2, 0) is 6.54 Å². The summed E-state index contributed by atoms with van der Waals surface area (Å²) in [6, 6.07) is 18.4. The first-order valence-electron chi connectivity index (χ1n) is 11.2. The van der Waals surface area contributed by atoms with Gasteiger partial charge in [0, 0.05) is 12.1 Å².